The molecule has 3 unspecified atom stereocenters. The van der Waals surface area contributed by atoms with Gasteiger partial charge in [-0.25, -0.2) is 4.39 Å². The van der Waals surface area contributed by atoms with Crippen LogP contribution in [0.5, 0.6) is 0 Å². The van der Waals surface area contributed by atoms with Crippen LogP contribution in [0.15, 0.2) is 28.9 Å². The van der Waals surface area contributed by atoms with Crippen molar-refractivity contribution in [2.45, 2.75) is 57.6 Å². The molecule has 0 aliphatic carbocycles. The Hall–Kier alpha value is -1.47. The first-order chi connectivity index (χ1) is 11.7. The molecular formula is C19H26FNO4. The molecule has 0 radical (unpaired) electrons. The number of fused-ring (bicyclic) bond motifs is 1. The van der Waals surface area contributed by atoms with Gasteiger partial charge in [-0.1, -0.05) is 0 Å². The summed E-state index contributed by atoms with van der Waals surface area (Å²) in [5, 5.41) is 21.7. The lowest BCUT2D eigenvalue weighted by Crippen LogP contribution is -2.45. The topological polar surface area (TPSA) is 66.1 Å². The van der Waals surface area contributed by atoms with Crippen molar-refractivity contribution in [3.63, 3.8) is 0 Å². The van der Waals surface area contributed by atoms with E-state index in [0.29, 0.717) is 29.5 Å². The normalized spacial score (nSPS) is 24.4. The molecule has 2 aromatic rings. The number of likely N-dealkylation sites (tertiary alicyclic amines) is 1. The van der Waals surface area contributed by atoms with Gasteiger partial charge in [0.15, 0.2) is 0 Å². The molecule has 5 nitrogen and oxygen atoms in total. The lowest BCUT2D eigenvalue weighted by molar-refractivity contribution is -0.241. The molecule has 1 fully saturated rings. The summed E-state index contributed by atoms with van der Waals surface area (Å²) in [6, 6.07) is 4.59. The van der Waals surface area contributed by atoms with Gasteiger partial charge in [-0.3, -0.25) is 4.90 Å². The van der Waals surface area contributed by atoms with E-state index in [9.17, 15) is 14.6 Å². The van der Waals surface area contributed by atoms with Crippen LogP contribution in [-0.4, -0.2) is 46.3 Å². The van der Waals surface area contributed by atoms with Gasteiger partial charge in [-0.2, -0.15) is 0 Å². The molecule has 1 saturated heterocycles. The van der Waals surface area contributed by atoms with Crippen LogP contribution in [0.3, 0.4) is 0 Å². The first-order valence-corrected chi connectivity index (χ1v) is 8.69. The zero-order chi connectivity index (χ0) is 18.2. The van der Waals surface area contributed by atoms with Crippen molar-refractivity contribution >= 4 is 11.0 Å². The Balaban J connectivity index is 1.82. The molecule has 3 atom stereocenters. The third-order valence-corrected chi connectivity index (χ3v) is 4.56. The minimum atomic E-state index is -1.08. The van der Waals surface area contributed by atoms with Gasteiger partial charge in [0.1, 0.15) is 11.4 Å². The molecule has 1 aromatic carbocycles. The maximum absolute atomic E-state index is 14.0. The van der Waals surface area contributed by atoms with Gasteiger partial charge >= 0.3 is 0 Å². The molecule has 0 spiro atoms. The number of rotatable bonds is 3. The Morgan fingerprint density at radius 1 is 1.36 bits per heavy atom. The van der Waals surface area contributed by atoms with Crippen molar-refractivity contribution < 1.29 is 23.8 Å². The number of benzene rings is 1. The summed E-state index contributed by atoms with van der Waals surface area (Å²) in [5.74, 6) is -0.593. The monoisotopic (exact) mass is 351 g/mol. The summed E-state index contributed by atoms with van der Waals surface area (Å²) in [7, 11) is 0. The highest BCUT2D eigenvalue weighted by Crippen LogP contribution is 2.35. The van der Waals surface area contributed by atoms with Crippen LogP contribution in [0, 0.1) is 5.82 Å². The van der Waals surface area contributed by atoms with E-state index in [1.165, 1.54) is 18.4 Å². The number of aliphatic hydroxyl groups excluding tert-OH is 2. The third kappa shape index (κ3) is 4.20. The summed E-state index contributed by atoms with van der Waals surface area (Å²) in [6.45, 7) is 6.46. The zero-order valence-corrected chi connectivity index (χ0v) is 14.9. The largest absolute Gasteiger partial charge is 0.464 e. The second kappa shape index (κ2) is 7.03. The quantitative estimate of drug-likeness (QED) is 0.832. The Morgan fingerprint density at radius 3 is 2.84 bits per heavy atom. The Bertz CT molecular complexity index is 724. The molecule has 0 bridgehead atoms. The van der Waals surface area contributed by atoms with Gasteiger partial charge in [-0.15, -0.1) is 0 Å². The fraction of sp³-hybridized carbons (Fsp3) is 0.579. The molecule has 25 heavy (non-hydrogen) atoms. The Kier molecular flexibility index (Phi) is 5.16. The second-order valence-corrected chi connectivity index (χ2v) is 7.70. The Labute approximate surface area is 147 Å². The van der Waals surface area contributed by atoms with Crippen molar-refractivity contribution in [2.75, 3.05) is 13.1 Å². The average Bonchev–Trinajstić information content (AvgIpc) is 2.87. The van der Waals surface area contributed by atoms with E-state index in [0.717, 1.165) is 6.42 Å². The fourth-order valence-electron chi connectivity index (χ4n) is 3.47. The summed E-state index contributed by atoms with van der Waals surface area (Å²) >= 11 is 0. The average molecular weight is 351 g/mol. The first-order valence-electron chi connectivity index (χ1n) is 8.69. The van der Waals surface area contributed by atoms with E-state index in [1.807, 2.05) is 20.8 Å². The highest BCUT2D eigenvalue weighted by atomic mass is 19.1. The van der Waals surface area contributed by atoms with Crippen LogP contribution < -0.4 is 0 Å². The SMILES string of the molecule is CC(C)(C)OC(O)N1CCCC(c2cc(F)cc3ccoc23)C(O)C1. The number of hydrogen-bond acceptors (Lipinski definition) is 5. The van der Waals surface area contributed by atoms with E-state index in [1.54, 1.807) is 11.0 Å². The van der Waals surface area contributed by atoms with E-state index < -0.39 is 18.1 Å². The second-order valence-electron chi connectivity index (χ2n) is 7.70. The standard InChI is InChI=1S/C19H26FNO4/c1-19(2,3)25-18(23)21-7-4-5-14(16(22)11-21)15-10-13(20)9-12-6-8-24-17(12)15/h6,8-10,14,16,18,22-23H,4-5,7,11H2,1-3H3. The molecule has 138 valence electrons. The minimum Gasteiger partial charge on any atom is -0.464 e. The molecule has 6 heteroatoms. The molecule has 0 amide bonds. The van der Waals surface area contributed by atoms with Gasteiger partial charge in [-0.05, 0) is 51.8 Å². The third-order valence-electron chi connectivity index (χ3n) is 4.56. The van der Waals surface area contributed by atoms with Crippen LogP contribution >= 0.6 is 0 Å². The van der Waals surface area contributed by atoms with Crippen LogP contribution in [0.2, 0.25) is 0 Å². The van der Waals surface area contributed by atoms with E-state index in [-0.39, 0.29) is 18.3 Å². The van der Waals surface area contributed by atoms with E-state index >= 15 is 0 Å². The molecule has 1 aliphatic heterocycles. The summed E-state index contributed by atoms with van der Waals surface area (Å²) in [4.78, 5) is 1.72. The fourth-order valence-corrected chi connectivity index (χ4v) is 3.47. The predicted molar refractivity (Wildman–Crippen MR) is 92.6 cm³/mol. The van der Waals surface area contributed by atoms with Gasteiger partial charge < -0.3 is 19.4 Å². The van der Waals surface area contributed by atoms with Crippen molar-refractivity contribution in [1.82, 2.24) is 4.90 Å². The molecule has 1 aromatic heterocycles. The van der Waals surface area contributed by atoms with Gasteiger partial charge in [0.25, 0.3) is 0 Å². The van der Waals surface area contributed by atoms with Crippen molar-refractivity contribution in [1.29, 1.82) is 0 Å². The summed E-state index contributed by atoms with van der Waals surface area (Å²) < 4.78 is 25.1. The van der Waals surface area contributed by atoms with Crippen molar-refractivity contribution in [3.8, 4) is 0 Å². The smallest absolute Gasteiger partial charge is 0.216 e. The van der Waals surface area contributed by atoms with Gasteiger partial charge in [0.05, 0.1) is 18.0 Å². The highest BCUT2D eigenvalue weighted by molar-refractivity contribution is 5.81. The zero-order valence-electron chi connectivity index (χ0n) is 14.9. The molecule has 2 heterocycles. The molecular weight excluding hydrogens is 325 g/mol. The number of hydrogen-bond donors (Lipinski definition) is 2. The van der Waals surface area contributed by atoms with E-state index in [2.05, 4.69) is 0 Å². The number of furan rings is 1. The molecule has 2 N–H and O–H groups in total. The molecule has 0 saturated carbocycles. The first kappa shape index (κ1) is 18.3. The highest BCUT2D eigenvalue weighted by Gasteiger charge is 2.32. The maximum atomic E-state index is 14.0. The lowest BCUT2D eigenvalue weighted by atomic mass is 9.89. The maximum Gasteiger partial charge on any atom is 0.216 e. The lowest BCUT2D eigenvalue weighted by Gasteiger charge is -2.33. The Morgan fingerprint density at radius 2 is 2.12 bits per heavy atom. The number of β-amino-alcohol motifs (C(OH)–C–C–N with tert-alkyl or cyclic N) is 1. The summed E-state index contributed by atoms with van der Waals surface area (Å²) in [5.41, 5.74) is 0.810. The van der Waals surface area contributed by atoms with Crippen molar-refractivity contribution in [2.24, 2.45) is 0 Å². The predicted octanol–water partition coefficient (Wildman–Crippen LogP) is 3.20. The summed E-state index contributed by atoms with van der Waals surface area (Å²) in [6.07, 6.45) is 1.13. The number of nitrogens with zero attached hydrogens (tertiary/aromatic N) is 1. The minimum absolute atomic E-state index is 0.251. The van der Waals surface area contributed by atoms with E-state index in [4.69, 9.17) is 9.15 Å². The van der Waals surface area contributed by atoms with Crippen LogP contribution in [0.1, 0.15) is 45.1 Å². The van der Waals surface area contributed by atoms with Crippen LogP contribution in [0.25, 0.3) is 11.0 Å². The number of ether oxygens (including phenoxy) is 1. The molecule has 1 aliphatic rings. The van der Waals surface area contributed by atoms with Gasteiger partial charge in [0.2, 0.25) is 6.41 Å². The number of aliphatic hydroxyl groups is 2. The van der Waals surface area contributed by atoms with Crippen LogP contribution in [-0.2, 0) is 4.74 Å². The van der Waals surface area contributed by atoms with Crippen molar-refractivity contribution in [3.05, 3.63) is 35.8 Å². The van der Waals surface area contributed by atoms with Gasteiger partial charge in [0, 0.05) is 30.0 Å². The number of halogens is 1. The van der Waals surface area contributed by atoms with Crippen LogP contribution in [0.4, 0.5) is 4.39 Å². The molecule has 3 rings (SSSR count).